The maximum Gasteiger partial charge on any atom is 0.404 e. The first-order valence-electron chi connectivity index (χ1n) is 22.9. The molecule has 74 heavy (non-hydrogen) atoms. The minimum absolute atomic E-state index is 0.0958. The first kappa shape index (κ1) is 58.8. The first-order chi connectivity index (χ1) is 34.6. The minimum atomic E-state index is -2.74. The molecular weight excluding hydrogens is 1010 g/mol. The van der Waals surface area contributed by atoms with E-state index in [0.717, 1.165) is 20.8 Å². The van der Waals surface area contributed by atoms with Crippen molar-refractivity contribution in [3.63, 3.8) is 0 Å². The Labute approximate surface area is 417 Å². The Kier molecular flexibility index (Phi) is 19.0. The van der Waals surface area contributed by atoms with Crippen LogP contribution in [0, 0.1) is 0 Å². The highest BCUT2D eigenvalue weighted by atomic mass is 16.8. The molecule has 5 saturated heterocycles. The van der Waals surface area contributed by atoms with Crippen molar-refractivity contribution in [1.29, 1.82) is 0 Å². The van der Waals surface area contributed by atoms with Gasteiger partial charge in [0.2, 0.25) is 11.8 Å². The molecule has 420 valence electrons. The van der Waals surface area contributed by atoms with Crippen molar-refractivity contribution in [2.75, 3.05) is 13.2 Å². The van der Waals surface area contributed by atoms with E-state index in [9.17, 15) is 95.2 Å². The van der Waals surface area contributed by atoms with Gasteiger partial charge in [0.1, 0.15) is 102 Å². The van der Waals surface area contributed by atoms with Gasteiger partial charge in [-0.3, -0.25) is 19.2 Å². The fourth-order valence-corrected chi connectivity index (χ4v) is 9.20. The van der Waals surface area contributed by atoms with E-state index in [1.165, 1.54) is 6.92 Å². The van der Waals surface area contributed by atoms with Crippen LogP contribution in [-0.2, 0) is 71.3 Å². The van der Waals surface area contributed by atoms with Gasteiger partial charge in [0.05, 0.1) is 19.3 Å². The largest absolute Gasteiger partial charge is 0.510 e. The summed E-state index contributed by atoms with van der Waals surface area (Å²) in [4.78, 5) is 75.0. The zero-order valence-electron chi connectivity index (χ0n) is 39.6. The van der Waals surface area contributed by atoms with Crippen LogP contribution >= 0.6 is 0 Å². The molecule has 18 N–H and O–H groups in total. The maximum atomic E-state index is 13.2. The summed E-state index contributed by atoms with van der Waals surface area (Å²) >= 11 is 0. The van der Waals surface area contributed by atoms with Crippen LogP contribution in [0.1, 0.15) is 40.5 Å². The number of carboxylic acid groups (broad SMARTS) is 1. The van der Waals surface area contributed by atoms with Crippen molar-refractivity contribution in [1.82, 2.24) is 16.0 Å². The molecule has 6 rings (SSSR count). The van der Waals surface area contributed by atoms with Crippen LogP contribution in [0.5, 0.6) is 0 Å². The van der Waals surface area contributed by atoms with Gasteiger partial charge in [0, 0.05) is 26.7 Å². The van der Waals surface area contributed by atoms with Gasteiger partial charge < -0.3 is 135 Å². The zero-order valence-corrected chi connectivity index (χ0v) is 39.6. The minimum Gasteiger partial charge on any atom is -0.510 e. The second-order valence-corrected chi connectivity index (χ2v) is 18.5. The number of carbonyl (C=O) groups is 6. The third-order valence-electron chi connectivity index (χ3n) is 13.0. The van der Waals surface area contributed by atoms with E-state index in [1.807, 2.05) is 0 Å². The third kappa shape index (κ3) is 12.4. The Morgan fingerprint density at radius 2 is 1.23 bits per heavy atom. The van der Waals surface area contributed by atoms with Crippen molar-refractivity contribution in [3.05, 3.63) is 11.5 Å². The standard InChI is InChI=1S/C41H62N4O29/c1-9-27(69-39-26(58)23(55)24(56)29(71-39)33(59)45-16-12(49)5-6-13(16)50)20(52)17(43-10(2)47)36(66-9)70-28-15(8-65-38-25(57)22(54)19(51)14(7-46)67-38)68-37(18(21(28)53)44-11(3)48)72-30-31(74-40(42)63)41(4,64)32(34(60)61)73-35(30)62/h9,14-15,17-32,35-39,46,49,51-58,62,64H,5-8H2,1-4H3,(H2,42,63)(H,43,47)(H,44,48)(H,45,59)(H,60,61)/t9-,14-,15-,17-,18-,19-,20-,21-,22+,23+,24-,25?,26-,27?,28-,29+,30?,31-,32-,35?,36+,37+,38-,39-,41+/m1/s1. The Balaban J connectivity index is 1.30. The summed E-state index contributed by atoms with van der Waals surface area (Å²) < 4.78 is 56.9. The summed E-state index contributed by atoms with van der Waals surface area (Å²) in [6.07, 6.45) is -46.1. The maximum absolute atomic E-state index is 13.2. The van der Waals surface area contributed by atoms with E-state index >= 15 is 0 Å². The Morgan fingerprint density at radius 3 is 1.78 bits per heavy atom. The number of nitrogens with one attached hydrogen (secondary N) is 3. The van der Waals surface area contributed by atoms with Crippen molar-refractivity contribution in [2.45, 2.75) is 193 Å². The summed E-state index contributed by atoms with van der Waals surface area (Å²) in [6, 6.07) is -3.68. The van der Waals surface area contributed by atoms with Crippen LogP contribution in [0.4, 0.5) is 4.79 Å². The molecule has 0 spiro atoms. The monoisotopic (exact) mass is 1070 g/mol. The van der Waals surface area contributed by atoms with Crippen LogP contribution in [0.25, 0.3) is 0 Å². The molecule has 0 radical (unpaired) electrons. The Hall–Kier alpha value is -4.44. The zero-order chi connectivity index (χ0) is 55.0. The lowest BCUT2D eigenvalue weighted by molar-refractivity contribution is -0.377. The van der Waals surface area contributed by atoms with Crippen LogP contribution in [0.2, 0.25) is 0 Å². The lowest BCUT2D eigenvalue weighted by Crippen LogP contribution is -2.72. The average molecular weight is 1070 g/mol. The van der Waals surface area contributed by atoms with Gasteiger partial charge in [-0.05, 0) is 13.8 Å². The van der Waals surface area contributed by atoms with Gasteiger partial charge in [0.15, 0.2) is 61.6 Å². The van der Waals surface area contributed by atoms with Crippen molar-refractivity contribution >= 4 is 35.6 Å². The molecule has 5 heterocycles. The number of hydrogen-bond donors (Lipinski definition) is 17. The molecule has 33 heteroatoms. The van der Waals surface area contributed by atoms with E-state index < -0.39 is 213 Å². The highest BCUT2D eigenvalue weighted by Gasteiger charge is 2.61. The number of nitrogens with two attached hydrogens (primary N) is 1. The number of aliphatic carboxylic acids is 1. The molecule has 4 amide bonds. The molecule has 5 fully saturated rings. The number of carbonyl (C=O) groups excluding carboxylic acids is 5. The van der Waals surface area contributed by atoms with E-state index in [2.05, 4.69) is 16.0 Å². The normalized spacial score (nSPS) is 44.8. The fraction of sp³-hybridized carbons (Fsp3) is 0.805. The number of primary amides is 1. The SMILES string of the molecule is CC(=O)N[C@H]1[C@H](OC2C(O)O[C@H](C(=O)O)[C@@](C)(O)[C@@H]2OC(N)=O)O[C@H](CO[C@@H]2O[C@H](CO)[C@@H](O)[C@H](O)C2O)[C@@H](O[C@@H]2O[C@H](C)C(O[C@@H]3O[C@H](C(=O)NC4=C(O)CCC4=O)[C@H](O)[C@H](O)[C@H]3O)[C@H](O)[C@H]2NC(C)=O)[C@@H]1O. The Morgan fingerprint density at radius 1 is 0.689 bits per heavy atom. The molecule has 0 aromatic carbocycles. The highest BCUT2D eigenvalue weighted by Crippen LogP contribution is 2.38. The number of ketones is 1. The number of Topliss-reactive ketones (excluding diaryl/α,β-unsaturated/α-hetero) is 1. The van der Waals surface area contributed by atoms with E-state index in [0.29, 0.717) is 0 Å². The number of aliphatic hydroxyl groups is 12. The average Bonchev–Trinajstić information content (AvgIpc) is 3.63. The van der Waals surface area contributed by atoms with Gasteiger partial charge >= 0.3 is 12.1 Å². The van der Waals surface area contributed by atoms with Crippen molar-refractivity contribution in [3.8, 4) is 0 Å². The summed E-state index contributed by atoms with van der Waals surface area (Å²) in [7, 11) is 0. The van der Waals surface area contributed by atoms with Crippen LogP contribution < -0.4 is 21.7 Å². The summed E-state index contributed by atoms with van der Waals surface area (Å²) in [5, 5.41) is 147. The van der Waals surface area contributed by atoms with Crippen LogP contribution in [-0.4, -0.2) is 268 Å². The summed E-state index contributed by atoms with van der Waals surface area (Å²) in [5.74, 6) is -6.00. The molecule has 25 atom stereocenters. The smallest absolute Gasteiger partial charge is 0.404 e. The number of amides is 4. The van der Waals surface area contributed by atoms with E-state index in [-0.39, 0.29) is 12.8 Å². The summed E-state index contributed by atoms with van der Waals surface area (Å²) in [6.45, 7) is 2.18. The van der Waals surface area contributed by atoms with Crippen LogP contribution in [0.15, 0.2) is 11.5 Å². The third-order valence-corrected chi connectivity index (χ3v) is 13.0. The Bertz CT molecular complexity index is 2080. The molecule has 1 aliphatic carbocycles. The second kappa shape index (κ2) is 23.8. The number of rotatable bonds is 16. The highest BCUT2D eigenvalue weighted by molar-refractivity contribution is 6.02. The van der Waals surface area contributed by atoms with Gasteiger partial charge in [-0.1, -0.05) is 0 Å². The lowest BCUT2D eigenvalue weighted by atomic mass is 9.85. The number of hydrogen-bond acceptors (Lipinski definition) is 28. The molecule has 6 aliphatic rings. The molecule has 0 aromatic heterocycles. The van der Waals surface area contributed by atoms with Gasteiger partial charge in [0.25, 0.3) is 5.91 Å². The number of aliphatic hydroxyl groups excluding tert-OH is 11. The molecule has 0 bridgehead atoms. The van der Waals surface area contributed by atoms with Gasteiger partial charge in [-0.25, -0.2) is 9.59 Å². The van der Waals surface area contributed by atoms with E-state index in [4.69, 9.17) is 53.1 Å². The first-order valence-corrected chi connectivity index (χ1v) is 22.9. The van der Waals surface area contributed by atoms with Gasteiger partial charge in [-0.15, -0.1) is 0 Å². The number of allylic oxidation sites excluding steroid dienone is 2. The molecule has 0 saturated carbocycles. The van der Waals surface area contributed by atoms with Crippen molar-refractivity contribution in [2.24, 2.45) is 5.73 Å². The van der Waals surface area contributed by atoms with Crippen LogP contribution in [0.3, 0.4) is 0 Å². The topological polar surface area (TPSA) is 520 Å². The molecular formula is C41H62N4O29. The molecule has 4 unspecified atom stereocenters. The summed E-state index contributed by atoms with van der Waals surface area (Å²) in [5.41, 5.74) is 1.98. The predicted molar refractivity (Wildman–Crippen MR) is 227 cm³/mol. The molecule has 33 nitrogen and oxygen atoms in total. The molecule has 0 aromatic rings. The van der Waals surface area contributed by atoms with Crippen molar-refractivity contribution < 1.29 is 143 Å². The number of ether oxygens (including phenoxy) is 10. The quantitative estimate of drug-likeness (QED) is 0.0682. The van der Waals surface area contributed by atoms with Gasteiger partial charge in [-0.2, -0.15) is 0 Å². The lowest BCUT2D eigenvalue weighted by Gasteiger charge is -2.51. The van der Waals surface area contributed by atoms with E-state index in [1.54, 1.807) is 0 Å². The second-order valence-electron chi connectivity index (χ2n) is 18.5. The fourth-order valence-electron chi connectivity index (χ4n) is 9.20. The molecule has 5 aliphatic heterocycles. The predicted octanol–water partition coefficient (Wildman–Crippen LogP) is -9.77. The number of carboxylic acids is 1.